The minimum Gasteiger partial charge on any atom is -0.494 e. The monoisotopic (exact) mass is 355 g/mol. The van der Waals surface area contributed by atoms with Gasteiger partial charge in [-0.25, -0.2) is 13.1 Å². The van der Waals surface area contributed by atoms with Crippen LogP contribution in [0.25, 0.3) is 0 Å². The van der Waals surface area contributed by atoms with Crippen LogP contribution in [0.3, 0.4) is 0 Å². The van der Waals surface area contributed by atoms with Crippen molar-refractivity contribution in [2.75, 3.05) is 20.3 Å². The normalized spacial score (nSPS) is 13.0. The number of rotatable bonds is 8. The third-order valence-electron chi connectivity index (χ3n) is 3.41. The quantitative estimate of drug-likeness (QED) is 0.790. The van der Waals surface area contributed by atoms with Gasteiger partial charge < -0.3 is 9.47 Å². The highest BCUT2D eigenvalue weighted by Gasteiger charge is 2.19. The minimum atomic E-state index is -3.59. The van der Waals surface area contributed by atoms with Crippen molar-refractivity contribution in [2.24, 2.45) is 0 Å². The average Bonchev–Trinajstić information content (AvgIpc) is 3.04. The van der Waals surface area contributed by atoms with Crippen LogP contribution < -0.4 is 9.46 Å². The van der Waals surface area contributed by atoms with Crippen LogP contribution in [0, 0.1) is 6.92 Å². The summed E-state index contributed by atoms with van der Waals surface area (Å²) < 4.78 is 38.3. The summed E-state index contributed by atoms with van der Waals surface area (Å²) in [4.78, 5) is 0.221. The Kier molecular flexibility index (Phi) is 6.17. The Morgan fingerprint density at radius 3 is 2.65 bits per heavy atom. The second-order valence-electron chi connectivity index (χ2n) is 4.99. The van der Waals surface area contributed by atoms with Gasteiger partial charge in [-0.2, -0.15) is 11.3 Å². The summed E-state index contributed by atoms with van der Waals surface area (Å²) in [7, 11) is -2.03. The Labute approximate surface area is 141 Å². The molecule has 0 saturated heterocycles. The fourth-order valence-electron chi connectivity index (χ4n) is 2.17. The summed E-state index contributed by atoms with van der Waals surface area (Å²) in [5, 5.41) is 3.88. The van der Waals surface area contributed by atoms with Gasteiger partial charge in [-0.15, -0.1) is 0 Å². The molecule has 1 N–H and O–H groups in total. The first-order chi connectivity index (χ1) is 11.0. The molecule has 126 valence electrons. The standard InChI is InChI=1S/C16H21NO4S2/c1-4-21-15-6-5-14(9-12(15)2)23(18,19)17-10-16(20-3)13-7-8-22-11-13/h5-9,11,16-17H,4,10H2,1-3H3. The van der Waals surface area contributed by atoms with E-state index < -0.39 is 10.0 Å². The minimum absolute atomic E-state index is 0.182. The zero-order chi connectivity index (χ0) is 16.9. The van der Waals surface area contributed by atoms with Gasteiger partial charge in [0.2, 0.25) is 10.0 Å². The molecule has 2 rings (SSSR count). The molecule has 0 aliphatic carbocycles. The van der Waals surface area contributed by atoms with E-state index in [1.54, 1.807) is 36.6 Å². The van der Waals surface area contributed by atoms with Gasteiger partial charge >= 0.3 is 0 Å². The summed E-state index contributed by atoms with van der Waals surface area (Å²) >= 11 is 1.55. The van der Waals surface area contributed by atoms with E-state index in [4.69, 9.17) is 9.47 Å². The van der Waals surface area contributed by atoms with E-state index in [0.29, 0.717) is 12.4 Å². The molecular formula is C16H21NO4S2. The lowest BCUT2D eigenvalue weighted by atomic mass is 10.2. The Morgan fingerprint density at radius 2 is 2.09 bits per heavy atom. The largest absolute Gasteiger partial charge is 0.494 e. The Morgan fingerprint density at radius 1 is 1.30 bits per heavy atom. The Hall–Kier alpha value is -1.41. The highest BCUT2D eigenvalue weighted by atomic mass is 32.2. The van der Waals surface area contributed by atoms with Crippen molar-refractivity contribution < 1.29 is 17.9 Å². The molecule has 0 spiro atoms. The molecule has 7 heteroatoms. The van der Waals surface area contributed by atoms with Crippen LogP contribution in [0.1, 0.15) is 24.2 Å². The van der Waals surface area contributed by atoms with E-state index in [2.05, 4.69) is 4.72 Å². The fourth-order valence-corrected chi connectivity index (χ4v) is 3.99. The third-order valence-corrected chi connectivity index (χ3v) is 5.54. The Bertz CT molecular complexity index is 727. The first-order valence-corrected chi connectivity index (χ1v) is 9.68. The van der Waals surface area contributed by atoms with E-state index in [0.717, 1.165) is 11.1 Å². The molecule has 1 unspecified atom stereocenters. The topological polar surface area (TPSA) is 64.6 Å². The van der Waals surface area contributed by atoms with Crippen LogP contribution in [-0.2, 0) is 14.8 Å². The second-order valence-corrected chi connectivity index (χ2v) is 7.54. The number of hydrogen-bond donors (Lipinski definition) is 1. The smallest absolute Gasteiger partial charge is 0.240 e. The molecule has 1 aromatic heterocycles. The summed E-state index contributed by atoms with van der Waals surface area (Å²) in [6, 6.07) is 6.76. The van der Waals surface area contributed by atoms with E-state index in [1.165, 1.54) is 0 Å². The number of ether oxygens (including phenoxy) is 2. The number of methoxy groups -OCH3 is 1. The van der Waals surface area contributed by atoms with Gasteiger partial charge in [0, 0.05) is 13.7 Å². The predicted molar refractivity (Wildman–Crippen MR) is 91.6 cm³/mol. The van der Waals surface area contributed by atoms with Crippen LogP contribution in [-0.4, -0.2) is 28.7 Å². The van der Waals surface area contributed by atoms with Crippen molar-refractivity contribution >= 4 is 21.4 Å². The van der Waals surface area contributed by atoms with Crippen molar-refractivity contribution in [1.29, 1.82) is 0 Å². The molecule has 2 aromatic rings. The molecule has 23 heavy (non-hydrogen) atoms. The maximum atomic E-state index is 12.4. The van der Waals surface area contributed by atoms with E-state index >= 15 is 0 Å². The number of nitrogens with one attached hydrogen (secondary N) is 1. The molecule has 0 bridgehead atoms. The number of hydrogen-bond acceptors (Lipinski definition) is 5. The fraction of sp³-hybridized carbons (Fsp3) is 0.375. The van der Waals surface area contributed by atoms with Crippen molar-refractivity contribution in [1.82, 2.24) is 4.72 Å². The lowest BCUT2D eigenvalue weighted by Crippen LogP contribution is -2.29. The summed E-state index contributed by atoms with van der Waals surface area (Å²) in [5.74, 6) is 0.694. The van der Waals surface area contributed by atoms with Crippen LogP contribution in [0.4, 0.5) is 0 Å². The lowest BCUT2D eigenvalue weighted by Gasteiger charge is -2.16. The Balaban J connectivity index is 2.11. The maximum absolute atomic E-state index is 12.4. The van der Waals surface area contributed by atoms with Gasteiger partial charge in [-0.05, 0) is 60.0 Å². The number of aryl methyl sites for hydroxylation is 1. The SMILES string of the molecule is CCOc1ccc(S(=O)(=O)NCC(OC)c2ccsc2)cc1C. The van der Waals surface area contributed by atoms with Gasteiger partial charge in [-0.3, -0.25) is 0 Å². The third kappa shape index (κ3) is 4.54. The highest BCUT2D eigenvalue weighted by molar-refractivity contribution is 7.89. The number of sulfonamides is 1. The van der Waals surface area contributed by atoms with Gasteiger partial charge in [0.25, 0.3) is 0 Å². The van der Waals surface area contributed by atoms with E-state index in [-0.39, 0.29) is 17.5 Å². The van der Waals surface area contributed by atoms with E-state index in [9.17, 15) is 8.42 Å². The van der Waals surface area contributed by atoms with Crippen molar-refractivity contribution in [2.45, 2.75) is 24.8 Å². The molecule has 5 nitrogen and oxygen atoms in total. The summed E-state index contributed by atoms with van der Waals surface area (Å²) in [6.07, 6.45) is -0.306. The van der Waals surface area contributed by atoms with Crippen LogP contribution >= 0.6 is 11.3 Å². The van der Waals surface area contributed by atoms with Crippen LogP contribution in [0.2, 0.25) is 0 Å². The van der Waals surface area contributed by atoms with Gasteiger partial charge in [-0.1, -0.05) is 0 Å². The molecule has 0 saturated carbocycles. The van der Waals surface area contributed by atoms with Gasteiger partial charge in [0.05, 0.1) is 17.6 Å². The lowest BCUT2D eigenvalue weighted by molar-refractivity contribution is 0.107. The molecular weight excluding hydrogens is 334 g/mol. The number of thiophene rings is 1. The highest BCUT2D eigenvalue weighted by Crippen LogP contribution is 2.23. The molecule has 1 atom stereocenters. The molecule has 0 aliphatic rings. The first kappa shape index (κ1) is 17.9. The molecule has 1 aromatic carbocycles. The predicted octanol–water partition coefficient (Wildman–Crippen LogP) is 3.12. The first-order valence-electron chi connectivity index (χ1n) is 7.26. The van der Waals surface area contributed by atoms with Gasteiger partial charge in [0.1, 0.15) is 5.75 Å². The van der Waals surface area contributed by atoms with E-state index in [1.807, 2.05) is 30.7 Å². The zero-order valence-electron chi connectivity index (χ0n) is 13.4. The van der Waals surface area contributed by atoms with Crippen molar-refractivity contribution in [3.05, 3.63) is 46.2 Å². The second kappa shape index (κ2) is 7.92. The molecule has 0 amide bonds. The van der Waals surface area contributed by atoms with Crippen LogP contribution in [0.15, 0.2) is 39.9 Å². The molecule has 0 fully saturated rings. The van der Waals surface area contributed by atoms with Crippen molar-refractivity contribution in [3.8, 4) is 5.75 Å². The summed E-state index contributed by atoms with van der Waals surface area (Å²) in [6.45, 7) is 4.44. The summed E-state index contributed by atoms with van der Waals surface area (Å²) in [5.41, 5.74) is 1.75. The van der Waals surface area contributed by atoms with Gasteiger partial charge in [0.15, 0.2) is 0 Å². The van der Waals surface area contributed by atoms with Crippen LogP contribution in [0.5, 0.6) is 5.75 Å². The average molecular weight is 355 g/mol. The van der Waals surface area contributed by atoms with Crippen molar-refractivity contribution in [3.63, 3.8) is 0 Å². The molecule has 0 radical (unpaired) electrons. The number of benzene rings is 1. The molecule has 1 heterocycles. The maximum Gasteiger partial charge on any atom is 0.240 e. The zero-order valence-corrected chi connectivity index (χ0v) is 15.0. The molecule has 0 aliphatic heterocycles.